The van der Waals surface area contributed by atoms with Gasteiger partial charge in [0.1, 0.15) is 0 Å². The van der Waals surface area contributed by atoms with E-state index in [4.69, 9.17) is 5.11 Å². The summed E-state index contributed by atoms with van der Waals surface area (Å²) in [6.07, 6.45) is 1.86. The van der Waals surface area contributed by atoms with E-state index in [0.29, 0.717) is 13.1 Å². The monoisotopic (exact) mass is 270 g/mol. The van der Waals surface area contributed by atoms with Crippen LogP contribution in [0.1, 0.15) is 17.7 Å². The van der Waals surface area contributed by atoms with Crippen LogP contribution < -0.4 is 4.90 Å². The standard InChI is InChI=1S/C16H18N2O2/c1-13-5-7-15(8-6-13)18(11-9-16(19)20)12-14-4-2-3-10-17-14/h2-8,10H,9,11-12H2,1H3,(H,19,20). The molecule has 0 aliphatic rings. The molecule has 1 N–H and O–H groups in total. The first-order valence-corrected chi connectivity index (χ1v) is 6.58. The van der Waals surface area contributed by atoms with Crippen LogP contribution in [-0.2, 0) is 11.3 Å². The fourth-order valence-corrected chi connectivity index (χ4v) is 1.97. The van der Waals surface area contributed by atoms with E-state index in [1.807, 2.05) is 54.3 Å². The number of benzene rings is 1. The Hall–Kier alpha value is -2.36. The number of pyridine rings is 1. The van der Waals surface area contributed by atoms with Crippen LogP contribution in [0.4, 0.5) is 5.69 Å². The minimum atomic E-state index is -0.789. The molecular weight excluding hydrogens is 252 g/mol. The first kappa shape index (κ1) is 14.1. The summed E-state index contributed by atoms with van der Waals surface area (Å²) < 4.78 is 0. The van der Waals surface area contributed by atoms with Crippen LogP contribution in [-0.4, -0.2) is 22.6 Å². The number of aromatic nitrogens is 1. The molecule has 0 unspecified atom stereocenters. The third-order valence-corrected chi connectivity index (χ3v) is 3.07. The number of nitrogens with zero attached hydrogens (tertiary/aromatic N) is 2. The lowest BCUT2D eigenvalue weighted by atomic mass is 10.2. The van der Waals surface area contributed by atoms with Crippen LogP contribution in [0.25, 0.3) is 0 Å². The van der Waals surface area contributed by atoms with Crippen molar-refractivity contribution in [2.24, 2.45) is 0 Å². The first-order chi connectivity index (χ1) is 9.65. The second kappa shape index (κ2) is 6.70. The highest BCUT2D eigenvalue weighted by Crippen LogP contribution is 2.17. The van der Waals surface area contributed by atoms with Gasteiger partial charge in [0.2, 0.25) is 0 Å². The summed E-state index contributed by atoms with van der Waals surface area (Å²) in [7, 11) is 0. The van der Waals surface area contributed by atoms with Crippen LogP contribution in [0.3, 0.4) is 0 Å². The maximum absolute atomic E-state index is 10.8. The van der Waals surface area contributed by atoms with Gasteiger partial charge >= 0.3 is 5.97 Å². The molecule has 0 aliphatic carbocycles. The van der Waals surface area contributed by atoms with Crippen LogP contribution >= 0.6 is 0 Å². The molecule has 4 nitrogen and oxygen atoms in total. The topological polar surface area (TPSA) is 53.4 Å². The maximum Gasteiger partial charge on any atom is 0.305 e. The minimum absolute atomic E-state index is 0.112. The molecule has 20 heavy (non-hydrogen) atoms. The number of anilines is 1. The molecule has 0 bridgehead atoms. The molecule has 0 saturated carbocycles. The van der Waals surface area contributed by atoms with Crippen molar-refractivity contribution in [1.82, 2.24) is 4.98 Å². The Labute approximate surface area is 118 Å². The van der Waals surface area contributed by atoms with E-state index in [1.54, 1.807) is 6.20 Å². The van der Waals surface area contributed by atoms with Crippen molar-refractivity contribution in [1.29, 1.82) is 0 Å². The molecule has 0 spiro atoms. The van der Waals surface area contributed by atoms with Gasteiger partial charge in [0.25, 0.3) is 0 Å². The Morgan fingerprint density at radius 3 is 2.55 bits per heavy atom. The van der Waals surface area contributed by atoms with Gasteiger partial charge in [-0.2, -0.15) is 0 Å². The molecule has 0 aliphatic heterocycles. The van der Waals surface area contributed by atoms with Crippen molar-refractivity contribution >= 4 is 11.7 Å². The molecule has 1 heterocycles. The molecule has 2 aromatic rings. The molecule has 0 amide bonds. The number of carboxylic acid groups (broad SMARTS) is 1. The smallest absolute Gasteiger partial charge is 0.305 e. The average molecular weight is 270 g/mol. The number of rotatable bonds is 6. The van der Waals surface area contributed by atoms with Crippen molar-refractivity contribution in [3.8, 4) is 0 Å². The van der Waals surface area contributed by atoms with Gasteiger partial charge in [-0.25, -0.2) is 0 Å². The highest BCUT2D eigenvalue weighted by atomic mass is 16.4. The lowest BCUT2D eigenvalue weighted by Gasteiger charge is -2.24. The quantitative estimate of drug-likeness (QED) is 0.877. The lowest BCUT2D eigenvalue weighted by molar-refractivity contribution is -0.136. The van der Waals surface area contributed by atoms with E-state index in [0.717, 1.165) is 11.4 Å². The number of hydrogen-bond acceptors (Lipinski definition) is 3. The van der Waals surface area contributed by atoms with Gasteiger partial charge in [-0.05, 0) is 31.2 Å². The lowest BCUT2D eigenvalue weighted by Crippen LogP contribution is -2.26. The molecule has 2 rings (SSSR count). The zero-order valence-corrected chi connectivity index (χ0v) is 11.5. The number of hydrogen-bond donors (Lipinski definition) is 1. The first-order valence-electron chi connectivity index (χ1n) is 6.58. The van der Waals surface area contributed by atoms with Gasteiger partial charge in [0.05, 0.1) is 18.7 Å². The van der Waals surface area contributed by atoms with Crippen molar-refractivity contribution < 1.29 is 9.90 Å². The summed E-state index contributed by atoms with van der Waals surface area (Å²) >= 11 is 0. The Morgan fingerprint density at radius 1 is 1.20 bits per heavy atom. The van der Waals surface area contributed by atoms with E-state index in [9.17, 15) is 4.79 Å². The van der Waals surface area contributed by atoms with E-state index >= 15 is 0 Å². The van der Waals surface area contributed by atoms with Gasteiger partial charge in [0, 0.05) is 18.4 Å². The maximum atomic E-state index is 10.8. The Bertz CT molecular complexity index is 552. The Balaban J connectivity index is 2.15. The van der Waals surface area contributed by atoms with Crippen LogP contribution in [0, 0.1) is 6.92 Å². The van der Waals surface area contributed by atoms with Crippen LogP contribution in [0.2, 0.25) is 0 Å². The largest absolute Gasteiger partial charge is 0.481 e. The summed E-state index contributed by atoms with van der Waals surface area (Å²) in [5.41, 5.74) is 3.13. The molecule has 1 aromatic carbocycles. The van der Waals surface area contributed by atoms with E-state index in [2.05, 4.69) is 4.98 Å². The van der Waals surface area contributed by atoms with Gasteiger partial charge in [0.15, 0.2) is 0 Å². The highest BCUT2D eigenvalue weighted by molar-refractivity contribution is 5.67. The predicted octanol–water partition coefficient (Wildman–Crippen LogP) is 2.87. The molecule has 1 aromatic heterocycles. The van der Waals surface area contributed by atoms with E-state index in [-0.39, 0.29) is 6.42 Å². The summed E-state index contributed by atoms with van der Waals surface area (Å²) in [6.45, 7) is 3.11. The van der Waals surface area contributed by atoms with Gasteiger partial charge in [-0.15, -0.1) is 0 Å². The molecule has 0 saturated heterocycles. The number of aryl methyl sites for hydroxylation is 1. The van der Waals surface area contributed by atoms with E-state index < -0.39 is 5.97 Å². The average Bonchev–Trinajstić information content (AvgIpc) is 2.45. The Kier molecular flexibility index (Phi) is 4.71. The second-order valence-electron chi connectivity index (χ2n) is 4.72. The SMILES string of the molecule is Cc1ccc(N(CCC(=O)O)Cc2ccccn2)cc1. The minimum Gasteiger partial charge on any atom is -0.481 e. The van der Waals surface area contributed by atoms with E-state index in [1.165, 1.54) is 5.56 Å². The summed E-state index contributed by atoms with van der Waals surface area (Å²) in [5, 5.41) is 8.88. The molecule has 104 valence electrons. The Morgan fingerprint density at radius 2 is 1.95 bits per heavy atom. The zero-order valence-electron chi connectivity index (χ0n) is 11.5. The van der Waals surface area contributed by atoms with Gasteiger partial charge in [-0.3, -0.25) is 9.78 Å². The molecule has 4 heteroatoms. The van der Waals surface area contributed by atoms with Crippen molar-refractivity contribution in [3.63, 3.8) is 0 Å². The van der Waals surface area contributed by atoms with Gasteiger partial charge < -0.3 is 10.0 Å². The predicted molar refractivity (Wildman–Crippen MR) is 78.7 cm³/mol. The fourth-order valence-electron chi connectivity index (χ4n) is 1.97. The number of aliphatic carboxylic acids is 1. The highest BCUT2D eigenvalue weighted by Gasteiger charge is 2.10. The van der Waals surface area contributed by atoms with Crippen molar-refractivity contribution in [3.05, 3.63) is 59.9 Å². The third kappa shape index (κ3) is 4.09. The summed E-state index contributed by atoms with van der Waals surface area (Å²) in [4.78, 5) is 17.1. The van der Waals surface area contributed by atoms with Crippen LogP contribution in [0.15, 0.2) is 48.7 Å². The summed E-state index contributed by atoms with van der Waals surface area (Å²) in [6, 6.07) is 13.8. The molecule has 0 radical (unpaired) electrons. The molecule has 0 fully saturated rings. The normalized spacial score (nSPS) is 10.2. The second-order valence-corrected chi connectivity index (χ2v) is 4.72. The van der Waals surface area contributed by atoms with Crippen molar-refractivity contribution in [2.45, 2.75) is 19.9 Å². The third-order valence-electron chi connectivity index (χ3n) is 3.07. The molecule has 0 atom stereocenters. The van der Waals surface area contributed by atoms with Crippen LogP contribution in [0.5, 0.6) is 0 Å². The number of carbonyl (C=O) groups is 1. The summed E-state index contributed by atoms with van der Waals surface area (Å²) in [5.74, 6) is -0.789. The number of carboxylic acids is 1. The van der Waals surface area contributed by atoms with Gasteiger partial charge in [-0.1, -0.05) is 23.8 Å². The molecular formula is C16H18N2O2. The zero-order chi connectivity index (χ0) is 14.4. The fraction of sp³-hybridized carbons (Fsp3) is 0.250. The van der Waals surface area contributed by atoms with Crippen molar-refractivity contribution in [2.75, 3.05) is 11.4 Å².